The topological polar surface area (TPSA) is 63.0 Å². The van der Waals surface area contributed by atoms with Gasteiger partial charge in [-0.05, 0) is 6.07 Å². The smallest absolute Gasteiger partial charge is 0.135 e. The van der Waals surface area contributed by atoms with Gasteiger partial charge < -0.3 is 10.2 Å². The number of nitrogens with two attached hydrogens (primary N) is 1. The first-order valence-electron chi connectivity index (χ1n) is 2.55. The summed E-state index contributed by atoms with van der Waals surface area (Å²) in [5.74, 6) is 0.553. The van der Waals surface area contributed by atoms with Crippen molar-refractivity contribution in [1.82, 2.24) is 0 Å². The summed E-state index contributed by atoms with van der Waals surface area (Å²) in [4.78, 5) is 0. The largest absolute Gasteiger partial charge is 0.467 e. The number of nitriles is 1. The summed E-state index contributed by atoms with van der Waals surface area (Å²) >= 11 is 0. The van der Waals surface area contributed by atoms with Crippen molar-refractivity contribution in [1.29, 1.82) is 5.26 Å². The Morgan fingerprint density at radius 2 is 2.56 bits per heavy atom. The average molecular weight is 122 g/mol. The number of hydrogen-bond acceptors (Lipinski definition) is 3. The van der Waals surface area contributed by atoms with Crippen molar-refractivity contribution in [3.8, 4) is 6.07 Å². The van der Waals surface area contributed by atoms with Crippen LogP contribution in [0.5, 0.6) is 0 Å². The van der Waals surface area contributed by atoms with Crippen molar-refractivity contribution < 1.29 is 4.42 Å². The van der Waals surface area contributed by atoms with Gasteiger partial charge in [0.05, 0.1) is 18.4 Å². The molecule has 0 bridgehead atoms. The molecule has 0 fully saturated rings. The molecule has 0 unspecified atom stereocenters. The maximum Gasteiger partial charge on any atom is 0.135 e. The van der Waals surface area contributed by atoms with Crippen LogP contribution in [-0.2, 0) is 6.54 Å². The van der Waals surface area contributed by atoms with E-state index in [2.05, 4.69) is 0 Å². The zero-order chi connectivity index (χ0) is 6.69. The molecule has 0 saturated heterocycles. The Balaban J connectivity index is 3.02. The van der Waals surface area contributed by atoms with Crippen molar-refractivity contribution in [2.24, 2.45) is 5.73 Å². The van der Waals surface area contributed by atoms with Crippen molar-refractivity contribution >= 4 is 0 Å². The minimum Gasteiger partial charge on any atom is -0.467 e. The Morgan fingerprint density at radius 3 is 3.00 bits per heavy atom. The van der Waals surface area contributed by atoms with E-state index in [1.807, 2.05) is 6.07 Å². The second-order valence-corrected chi connectivity index (χ2v) is 1.57. The lowest BCUT2D eigenvalue weighted by Crippen LogP contribution is -1.95. The average Bonchev–Trinajstić information content (AvgIpc) is 2.33. The SMILES string of the molecule is N#Cc1ccoc1CN. The number of nitrogens with zero attached hydrogens (tertiary/aromatic N) is 1. The van der Waals surface area contributed by atoms with Crippen LogP contribution in [0.25, 0.3) is 0 Å². The molecule has 1 heterocycles. The number of hydrogen-bond donors (Lipinski definition) is 1. The Bertz CT molecular complexity index is 233. The molecule has 0 aliphatic rings. The molecule has 0 radical (unpaired) electrons. The first kappa shape index (κ1) is 5.86. The Kier molecular flexibility index (Phi) is 1.52. The van der Waals surface area contributed by atoms with Gasteiger partial charge in [-0.15, -0.1) is 0 Å². The van der Waals surface area contributed by atoms with E-state index >= 15 is 0 Å². The van der Waals surface area contributed by atoms with Gasteiger partial charge >= 0.3 is 0 Å². The highest BCUT2D eigenvalue weighted by molar-refractivity contribution is 5.30. The normalized spacial score (nSPS) is 8.89. The van der Waals surface area contributed by atoms with E-state index in [1.165, 1.54) is 6.26 Å². The number of furan rings is 1. The van der Waals surface area contributed by atoms with Crippen LogP contribution in [0.3, 0.4) is 0 Å². The van der Waals surface area contributed by atoms with Gasteiger partial charge in [0.15, 0.2) is 0 Å². The zero-order valence-corrected chi connectivity index (χ0v) is 4.79. The molecule has 0 aromatic carbocycles. The van der Waals surface area contributed by atoms with Gasteiger partial charge in [0, 0.05) is 0 Å². The lowest BCUT2D eigenvalue weighted by Gasteiger charge is -1.85. The van der Waals surface area contributed by atoms with Gasteiger partial charge in [0.2, 0.25) is 0 Å². The van der Waals surface area contributed by atoms with Gasteiger partial charge in [0.25, 0.3) is 0 Å². The Hall–Kier alpha value is -1.27. The summed E-state index contributed by atoms with van der Waals surface area (Å²) in [5.41, 5.74) is 5.75. The standard InChI is InChI=1S/C6H6N2O/c7-3-5-1-2-9-6(5)4-8/h1-2H,4,8H2. The van der Waals surface area contributed by atoms with Crippen LogP contribution in [0.1, 0.15) is 11.3 Å². The minimum atomic E-state index is 0.288. The van der Waals surface area contributed by atoms with E-state index in [0.29, 0.717) is 11.3 Å². The van der Waals surface area contributed by atoms with Gasteiger partial charge in [-0.1, -0.05) is 0 Å². The molecule has 0 aliphatic carbocycles. The van der Waals surface area contributed by atoms with Crippen LogP contribution in [-0.4, -0.2) is 0 Å². The van der Waals surface area contributed by atoms with Gasteiger partial charge in [-0.3, -0.25) is 0 Å². The molecule has 0 spiro atoms. The van der Waals surface area contributed by atoms with Gasteiger partial charge in [-0.25, -0.2) is 0 Å². The van der Waals surface area contributed by atoms with Crippen LogP contribution in [0.2, 0.25) is 0 Å². The van der Waals surface area contributed by atoms with Crippen molar-refractivity contribution in [2.45, 2.75) is 6.54 Å². The summed E-state index contributed by atoms with van der Waals surface area (Å²) in [6.45, 7) is 0.288. The van der Waals surface area contributed by atoms with E-state index < -0.39 is 0 Å². The third-order valence-corrected chi connectivity index (χ3v) is 1.05. The summed E-state index contributed by atoms with van der Waals surface area (Å²) < 4.78 is 4.86. The van der Waals surface area contributed by atoms with Crippen LogP contribution in [0.4, 0.5) is 0 Å². The molecular formula is C6H6N2O. The molecule has 0 amide bonds. The first-order chi connectivity index (χ1) is 4.38. The second-order valence-electron chi connectivity index (χ2n) is 1.57. The molecular weight excluding hydrogens is 116 g/mol. The third-order valence-electron chi connectivity index (χ3n) is 1.05. The first-order valence-corrected chi connectivity index (χ1v) is 2.55. The van der Waals surface area contributed by atoms with E-state index in [4.69, 9.17) is 15.4 Å². The molecule has 1 rings (SSSR count). The fourth-order valence-electron chi connectivity index (χ4n) is 0.598. The Morgan fingerprint density at radius 1 is 1.78 bits per heavy atom. The predicted octanol–water partition coefficient (Wildman–Crippen LogP) is 0.610. The summed E-state index contributed by atoms with van der Waals surface area (Å²) in [6.07, 6.45) is 1.46. The third kappa shape index (κ3) is 0.929. The second kappa shape index (κ2) is 2.33. The number of rotatable bonds is 1. The van der Waals surface area contributed by atoms with Crippen LogP contribution >= 0.6 is 0 Å². The fraction of sp³-hybridized carbons (Fsp3) is 0.167. The van der Waals surface area contributed by atoms with Crippen LogP contribution < -0.4 is 5.73 Å². The zero-order valence-electron chi connectivity index (χ0n) is 4.79. The molecule has 1 aromatic heterocycles. The quantitative estimate of drug-likeness (QED) is 0.593. The maximum absolute atomic E-state index is 8.37. The highest BCUT2D eigenvalue weighted by atomic mass is 16.3. The lowest BCUT2D eigenvalue weighted by molar-refractivity contribution is 0.511. The molecule has 1 aromatic rings. The van der Waals surface area contributed by atoms with Gasteiger partial charge in [0.1, 0.15) is 11.8 Å². The maximum atomic E-state index is 8.37. The fourth-order valence-corrected chi connectivity index (χ4v) is 0.598. The van der Waals surface area contributed by atoms with Crippen LogP contribution in [0.15, 0.2) is 16.7 Å². The van der Waals surface area contributed by atoms with E-state index in [1.54, 1.807) is 6.07 Å². The summed E-state index contributed by atoms with van der Waals surface area (Å²) in [5, 5.41) is 8.37. The van der Waals surface area contributed by atoms with Crippen molar-refractivity contribution in [2.75, 3.05) is 0 Å². The monoisotopic (exact) mass is 122 g/mol. The van der Waals surface area contributed by atoms with Crippen LogP contribution in [0, 0.1) is 11.3 Å². The molecule has 0 saturated carbocycles. The minimum absolute atomic E-state index is 0.288. The van der Waals surface area contributed by atoms with Gasteiger partial charge in [-0.2, -0.15) is 5.26 Å². The van der Waals surface area contributed by atoms with Crippen molar-refractivity contribution in [3.05, 3.63) is 23.7 Å². The molecule has 3 heteroatoms. The molecule has 0 atom stereocenters. The van der Waals surface area contributed by atoms with E-state index in [9.17, 15) is 0 Å². The predicted molar refractivity (Wildman–Crippen MR) is 31.3 cm³/mol. The molecule has 0 aliphatic heterocycles. The highest BCUT2D eigenvalue weighted by Crippen LogP contribution is 2.06. The van der Waals surface area contributed by atoms with E-state index in [-0.39, 0.29) is 6.54 Å². The molecule has 3 nitrogen and oxygen atoms in total. The molecule has 46 valence electrons. The van der Waals surface area contributed by atoms with Crippen molar-refractivity contribution in [3.63, 3.8) is 0 Å². The highest BCUT2D eigenvalue weighted by Gasteiger charge is 2.00. The van der Waals surface area contributed by atoms with E-state index in [0.717, 1.165) is 0 Å². The summed E-state index contributed by atoms with van der Waals surface area (Å²) in [6, 6.07) is 3.55. The molecule has 2 N–H and O–H groups in total. The lowest BCUT2D eigenvalue weighted by atomic mass is 10.3. The summed E-state index contributed by atoms with van der Waals surface area (Å²) in [7, 11) is 0. The molecule has 9 heavy (non-hydrogen) atoms. The Labute approximate surface area is 52.7 Å².